The Morgan fingerprint density at radius 2 is 2.16 bits per heavy atom. The summed E-state index contributed by atoms with van der Waals surface area (Å²) in [6.45, 7) is 1.03. The number of nitrogens with zero attached hydrogens (tertiary/aromatic N) is 2. The lowest BCUT2D eigenvalue weighted by atomic mass is 9.91. The van der Waals surface area contributed by atoms with Crippen molar-refractivity contribution in [1.82, 2.24) is 4.98 Å². The summed E-state index contributed by atoms with van der Waals surface area (Å²) in [5.74, 6) is 0. The van der Waals surface area contributed by atoms with Crippen molar-refractivity contribution in [2.24, 2.45) is 0 Å². The van der Waals surface area contributed by atoms with Gasteiger partial charge in [-0.25, -0.2) is 0 Å². The second-order valence-electron chi connectivity index (χ2n) is 4.96. The molecule has 0 saturated heterocycles. The van der Waals surface area contributed by atoms with Gasteiger partial charge in [-0.3, -0.25) is 4.98 Å². The third-order valence-corrected chi connectivity index (χ3v) is 4.42. The molecule has 1 aliphatic carbocycles. The van der Waals surface area contributed by atoms with E-state index in [0.29, 0.717) is 6.04 Å². The van der Waals surface area contributed by atoms with Gasteiger partial charge >= 0.3 is 0 Å². The zero-order valence-electron chi connectivity index (χ0n) is 10.6. The summed E-state index contributed by atoms with van der Waals surface area (Å²) in [5.41, 5.74) is 2.26. The van der Waals surface area contributed by atoms with Gasteiger partial charge in [0, 0.05) is 40.2 Å². The molecule has 0 spiro atoms. The molecule has 1 saturated carbocycles. The molecule has 1 aromatic carbocycles. The molecule has 100 valence electrons. The molecule has 19 heavy (non-hydrogen) atoms. The van der Waals surface area contributed by atoms with Gasteiger partial charge in [0.05, 0.1) is 5.52 Å². The lowest BCUT2D eigenvalue weighted by molar-refractivity contribution is 0.391. The molecule has 1 fully saturated rings. The predicted molar refractivity (Wildman–Crippen MR) is 85.5 cm³/mol. The molecule has 0 amide bonds. The maximum absolute atomic E-state index is 6.05. The van der Waals surface area contributed by atoms with Crippen LogP contribution in [0.3, 0.4) is 0 Å². The minimum Gasteiger partial charge on any atom is -0.367 e. The van der Waals surface area contributed by atoms with Gasteiger partial charge in [-0.2, -0.15) is 0 Å². The van der Waals surface area contributed by atoms with E-state index in [-0.39, 0.29) is 0 Å². The van der Waals surface area contributed by atoms with Crippen LogP contribution in [0.25, 0.3) is 10.9 Å². The number of hydrogen-bond donors (Lipinski definition) is 0. The van der Waals surface area contributed by atoms with Crippen LogP contribution in [0.4, 0.5) is 5.69 Å². The second kappa shape index (κ2) is 5.68. The zero-order chi connectivity index (χ0) is 13.2. The fourth-order valence-corrected chi connectivity index (χ4v) is 3.19. The Labute approximate surface area is 126 Å². The van der Waals surface area contributed by atoms with Crippen LogP contribution in [0.5, 0.6) is 0 Å². The number of benzene rings is 1. The summed E-state index contributed by atoms with van der Waals surface area (Å²) in [5, 5.41) is 2.92. The number of pyridine rings is 1. The van der Waals surface area contributed by atoms with E-state index in [1.807, 2.05) is 18.3 Å². The highest BCUT2D eigenvalue weighted by Gasteiger charge is 2.25. The second-order valence-corrected chi connectivity index (χ2v) is 6.19. The van der Waals surface area contributed by atoms with Gasteiger partial charge < -0.3 is 4.90 Å². The van der Waals surface area contributed by atoms with Crippen LogP contribution in [-0.2, 0) is 0 Å². The van der Waals surface area contributed by atoms with Crippen LogP contribution in [0, 0.1) is 0 Å². The summed E-state index contributed by atoms with van der Waals surface area (Å²) in [7, 11) is 0. The van der Waals surface area contributed by atoms with Crippen molar-refractivity contribution in [3.63, 3.8) is 0 Å². The molecule has 0 atom stereocenters. The molecule has 3 rings (SSSR count). The number of hydrogen-bond acceptors (Lipinski definition) is 2. The molecular formula is C15H16BrClN2. The standard InChI is InChI=1S/C15H16BrClN2/c16-7-9-19(12-2-1-3-12)15-6-8-18-14-10-11(17)4-5-13(14)15/h4-6,8,10,12H,1-3,7,9H2. The Morgan fingerprint density at radius 1 is 1.32 bits per heavy atom. The van der Waals surface area contributed by atoms with Crippen molar-refractivity contribution >= 4 is 44.1 Å². The molecule has 1 heterocycles. The Hall–Kier alpha value is -0.800. The molecular weight excluding hydrogens is 324 g/mol. The van der Waals surface area contributed by atoms with Crippen molar-refractivity contribution in [1.29, 1.82) is 0 Å². The topological polar surface area (TPSA) is 16.1 Å². The van der Waals surface area contributed by atoms with E-state index in [0.717, 1.165) is 22.4 Å². The number of halogens is 2. The van der Waals surface area contributed by atoms with Gasteiger partial charge in [-0.1, -0.05) is 27.5 Å². The van der Waals surface area contributed by atoms with Crippen LogP contribution >= 0.6 is 27.5 Å². The van der Waals surface area contributed by atoms with Gasteiger partial charge in [-0.05, 0) is 43.5 Å². The first-order valence-corrected chi connectivity index (χ1v) is 8.16. The third-order valence-electron chi connectivity index (χ3n) is 3.83. The minimum absolute atomic E-state index is 0.679. The molecule has 0 radical (unpaired) electrons. The Kier molecular flexibility index (Phi) is 3.94. The van der Waals surface area contributed by atoms with Crippen LogP contribution in [-0.4, -0.2) is 22.9 Å². The van der Waals surface area contributed by atoms with Crippen LogP contribution in [0.1, 0.15) is 19.3 Å². The maximum Gasteiger partial charge on any atom is 0.0737 e. The number of anilines is 1. The molecule has 2 aromatic rings. The van der Waals surface area contributed by atoms with Crippen LogP contribution < -0.4 is 4.90 Å². The molecule has 4 heteroatoms. The van der Waals surface area contributed by atoms with E-state index in [2.05, 4.69) is 37.9 Å². The quantitative estimate of drug-likeness (QED) is 0.754. The molecule has 0 N–H and O–H groups in total. The number of alkyl halides is 1. The van der Waals surface area contributed by atoms with Crippen LogP contribution in [0.2, 0.25) is 5.02 Å². The van der Waals surface area contributed by atoms with Crippen molar-refractivity contribution in [3.8, 4) is 0 Å². The van der Waals surface area contributed by atoms with E-state index in [4.69, 9.17) is 11.6 Å². The average molecular weight is 340 g/mol. The SMILES string of the molecule is Clc1ccc2c(N(CCBr)C3CCC3)ccnc2c1. The first kappa shape index (κ1) is 13.2. The zero-order valence-corrected chi connectivity index (χ0v) is 13.0. The van der Waals surface area contributed by atoms with E-state index < -0.39 is 0 Å². The summed E-state index contributed by atoms with van der Waals surface area (Å²) < 4.78 is 0. The van der Waals surface area contributed by atoms with Gasteiger partial charge in [0.15, 0.2) is 0 Å². The van der Waals surface area contributed by atoms with Crippen molar-refractivity contribution in [2.45, 2.75) is 25.3 Å². The number of rotatable bonds is 4. The predicted octanol–water partition coefficient (Wildman–Crippen LogP) is 4.64. The van der Waals surface area contributed by atoms with Crippen LogP contribution in [0.15, 0.2) is 30.5 Å². The summed E-state index contributed by atoms with van der Waals surface area (Å²) in [6, 6.07) is 8.77. The van der Waals surface area contributed by atoms with E-state index in [1.54, 1.807) is 0 Å². The van der Waals surface area contributed by atoms with Gasteiger partial charge in [0.2, 0.25) is 0 Å². The minimum atomic E-state index is 0.679. The fourth-order valence-electron chi connectivity index (χ4n) is 2.65. The van der Waals surface area contributed by atoms with Crippen molar-refractivity contribution in [2.75, 3.05) is 16.8 Å². The molecule has 0 aliphatic heterocycles. The first-order chi connectivity index (χ1) is 9.29. The smallest absolute Gasteiger partial charge is 0.0737 e. The van der Waals surface area contributed by atoms with Crippen molar-refractivity contribution in [3.05, 3.63) is 35.5 Å². The summed E-state index contributed by atoms with van der Waals surface area (Å²) in [6.07, 6.45) is 5.82. The summed E-state index contributed by atoms with van der Waals surface area (Å²) in [4.78, 5) is 6.94. The molecule has 2 nitrogen and oxygen atoms in total. The highest BCUT2D eigenvalue weighted by atomic mass is 79.9. The average Bonchev–Trinajstić information content (AvgIpc) is 2.35. The molecule has 1 aromatic heterocycles. The number of aromatic nitrogens is 1. The van der Waals surface area contributed by atoms with E-state index in [9.17, 15) is 0 Å². The van der Waals surface area contributed by atoms with Crippen molar-refractivity contribution < 1.29 is 0 Å². The molecule has 1 aliphatic rings. The molecule has 0 unspecified atom stereocenters. The first-order valence-electron chi connectivity index (χ1n) is 6.66. The van der Waals surface area contributed by atoms with E-state index >= 15 is 0 Å². The highest BCUT2D eigenvalue weighted by Crippen LogP contribution is 2.34. The van der Waals surface area contributed by atoms with Gasteiger partial charge in [0.1, 0.15) is 0 Å². The third kappa shape index (κ3) is 2.59. The van der Waals surface area contributed by atoms with E-state index in [1.165, 1.54) is 30.3 Å². The molecule has 0 bridgehead atoms. The van der Waals surface area contributed by atoms with Gasteiger partial charge in [-0.15, -0.1) is 0 Å². The lowest BCUT2D eigenvalue weighted by Crippen LogP contribution is -2.41. The van der Waals surface area contributed by atoms with Gasteiger partial charge in [0.25, 0.3) is 0 Å². The Morgan fingerprint density at radius 3 is 2.84 bits per heavy atom. The normalized spacial score (nSPS) is 15.5. The monoisotopic (exact) mass is 338 g/mol. The largest absolute Gasteiger partial charge is 0.367 e. The lowest BCUT2D eigenvalue weighted by Gasteiger charge is -2.39. The Balaban J connectivity index is 2.06. The highest BCUT2D eigenvalue weighted by molar-refractivity contribution is 9.09. The summed E-state index contributed by atoms with van der Waals surface area (Å²) >= 11 is 9.62. The fraction of sp³-hybridized carbons (Fsp3) is 0.400. The Bertz CT molecular complexity index is 583. The maximum atomic E-state index is 6.05. The number of fused-ring (bicyclic) bond motifs is 1.